The third kappa shape index (κ3) is 1.47. The first-order valence-corrected chi connectivity index (χ1v) is 5.65. The molecule has 0 unspecified atom stereocenters. The molecule has 2 nitrogen and oxygen atoms in total. The molecule has 1 aliphatic carbocycles. The van der Waals surface area contributed by atoms with E-state index in [1.807, 2.05) is 30.3 Å². The number of aryl methyl sites for hydroxylation is 1. The molecule has 0 atom stereocenters. The lowest BCUT2D eigenvalue weighted by atomic mass is 10.1. The molecule has 1 heterocycles. The van der Waals surface area contributed by atoms with Crippen LogP contribution in [0.15, 0.2) is 41.2 Å². The Kier molecular flexibility index (Phi) is 2.13. The lowest BCUT2D eigenvalue weighted by Crippen LogP contribution is -2.09. The average Bonchev–Trinajstić information content (AvgIpc) is 2.79. The third-order valence-electron chi connectivity index (χ3n) is 3.16. The van der Waals surface area contributed by atoms with Crippen LogP contribution < -0.4 is 5.43 Å². The molecule has 16 heavy (non-hydrogen) atoms. The van der Waals surface area contributed by atoms with E-state index < -0.39 is 0 Å². The zero-order valence-corrected chi connectivity index (χ0v) is 8.99. The number of fused-ring (bicyclic) bond motifs is 1. The predicted molar refractivity (Wildman–Crippen MR) is 64.5 cm³/mol. The Balaban J connectivity index is 2.17. The first-order chi connectivity index (χ1) is 7.84. The van der Waals surface area contributed by atoms with Crippen molar-refractivity contribution in [3.8, 4) is 11.3 Å². The fourth-order valence-corrected chi connectivity index (χ4v) is 2.34. The van der Waals surface area contributed by atoms with E-state index in [2.05, 4.69) is 4.98 Å². The topological polar surface area (TPSA) is 32.9 Å². The van der Waals surface area contributed by atoms with E-state index in [0.717, 1.165) is 41.8 Å². The molecule has 1 aromatic heterocycles. The van der Waals surface area contributed by atoms with Crippen LogP contribution in [0, 0.1) is 0 Å². The lowest BCUT2D eigenvalue weighted by Gasteiger charge is -2.05. The summed E-state index contributed by atoms with van der Waals surface area (Å²) in [5.74, 6) is 0. The normalized spacial score (nSPS) is 13.8. The van der Waals surface area contributed by atoms with Crippen LogP contribution in [0.5, 0.6) is 0 Å². The van der Waals surface area contributed by atoms with Crippen LogP contribution in [-0.4, -0.2) is 4.98 Å². The quantitative estimate of drug-likeness (QED) is 0.772. The molecule has 0 fully saturated rings. The molecule has 2 aromatic rings. The molecular formula is C14H13NO. The number of nitrogens with one attached hydrogen (secondary N) is 1. The Labute approximate surface area is 94.0 Å². The number of pyridine rings is 1. The van der Waals surface area contributed by atoms with Crippen molar-refractivity contribution in [3.63, 3.8) is 0 Å². The van der Waals surface area contributed by atoms with Crippen LogP contribution >= 0.6 is 0 Å². The van der Waals surface area contributed by atoms with Gasteiger partial charge in [0.25, 0.3) is 0 Å². The number of H-pyrrole nitrogens is 1. The van der Waals surface area contributed by atoms with Crippen molar-refractivity contribution in [2.45, 2.75) is 19.3 Å². The van der Waals surface area contributed by atoms with E-state index in [0.29, 0.717) is 0 Å². The second-order valence-corrected chi connectivity index (χ2v) is 4.22. The van der Waals surface area contributed by atoms with Crippen molar-refractivity contribution in [2.24, 2.45) is 0 Å². The Bertz CT molecular complexity index is 569. The summed E-state index contributed by atoms with van der Waals surface area (Å²) in [7, 11) is 0. The minimum absolute atomic E-state index is 0.185. The van der Waals surface area contributed by atoms with E-state index in [1.54, 1.807) is 6.07 Å². The van der Waals surface area contributed by atoms with Gasteiger partial charge in [0.05, 0.1) is 0 Å². The second-order valence-electron chi connectivity index (χ2n) is 4.22. The summed E-state index contributed by atoms with van der Waals surface area (Å²) in [6.45, 7) is 0. The van der Waals surface area contributed by atoms with E-state index in [1.165, 1.54) is 0 Å². The van der Waals surface area contributed by atoms with Crippen molar-refractivity contribution in [1.29, 1.82) is 0 Å². The number of benzene rings is 1. The minimum Gasteiger partial charge on any atom is -0.358 e. The third-order valence-corrected chi connectivity index (χ3v) is 3.16. The molecular weight excluding hydrogens is 198 g/mol. The maximum absolute atomic E-state index is 11.9. The molecule has 0 bridgehead atoms. The first-order valence-electron chi connectivity index (χ1n) is 5.65. The summed E-state index contributed by atoms with van der Waals surface area (Å²) < 4.78 is 0. The van der Waals surface area contributed by atoms with Crippen LogP contribution in [0.1, 0.15) is 17.7 Å². The SMILES string of the molecule is O=c1cc(-c2ccccc2)[nH]c2c1CCC2. The molecule has 0 saturated carbocycles. The molecule has 3 rings (SSSR count). The molecule has 0 aliphatic heterocycles. The van der Waals surface area contributed by atoms with Gasteiger partial charge in [0, 0.05) is 23.0 Å². The van der Waals surface area contributed by atoms with Crippen LogP contribution in [0.4, 0.5) is 0 Å². The van der Waals surface area contributed by atoms with Gasteiger partial charge < -0.3 is 4.98 Å². The van der Waals surface area contributed by atoms with Crippen molar-refractivity contribution in [2.75, 3.05) is 0 Å². The van der Waals surface area contributed by atoms with Gasteiger partial charge in [0.2, 0.25) is 0 Å². The Hall–Kier alpha value is -1.83. The maximum atomic E-state index is 11.9. The van der Waals surface area contributed by atoms with Crippen molar-refractivity contribution in [1.82, 2.24) is 4.98 Å². The van der Waals surface area contributed by atoms with Gasteiger partial charge in [-0.05, 0) is 24.8 Å². The number of aromatic amines is 1. The van der Waals surface area contributed by atoms with Gasteiger partial charge in [-0.2, -0.15) is 0 Å². The summed E-state index contributed by atoms with van der Waals surface area (Å²) in [5, 5.41) is 0. The van der Waals surface area contributed by atoms with Gasteiger partial charge in [0.15, 0.2) is 5.43 Å². The van der Waals surface area contributed by atoms with E-state index in [4.69, 9.17) is 0 Å². The summed E-state index contributed by atoms with van der Waals surface area (Å²) >= 11 is 0. The largest absolute Gasteiger partial charge is 0.358 e. The standard InChI is InChI=1S/C14H13NO/c16-14-9-13(10-5-2-1-3-6-10)15-12-8-4-7-11(12)14/h1-3,5-6,9H,4,7-8H2,(H,15,16). The zero-order valence-electron chi connectivity index (χ0n) is 8.99. The highest BCUT2D eigenvalue weighted by Crippen LogP contribution is 2.21. The number of hydrogen-bond donors (Lipinski definition) is 1. The summed E-state index contributed by atoms with van der Waals surface area (Å²) in [6.07, 6.45) is 3.03. The van der Waals surface area contributed by atoms with E-state index in [9.17, 15) is 4.79 Å². The zero-order chi connectivity index (χ0) is 11.0. The molecule has 1 aromatic carbocycles. The summed E-state index contributed by atoms with van der Waals surface area (Å²) in [5.41, 5.74) is 4.32. The molecule has 0 radical (unpaired) electrons. The Morgan fingerprint density at radius 3 is 2.69 bits per heavy atom. The second kappa shape index (κ2) is 3.63. The van der Waals surface area contributed by atoms with Crippen LogP contribution in [0.25, 0.3) is 11.3 Å². The summed E-state index contributed by atoms with van der Waals surface area (Å²) in [6, 6.07) is 11.7. The highest BCUT2D eigenvalue weighted by atomic mass is 16.1. The molecule has 1 N–H and O–H groups in total. The van der Waals surface area contributed by atoms with Crippen molar-refractivity contribution in [3.05, 3.63) is 57.9 Å². The highest BCUT2D eigenvalue weighted by Gasteiger charge is 2.15. The van der Waals surface area contributed by atoms with Gasteiger partial charge in [-0.3, -0.25) is 4.79 Å². The smallest absolute Gasteiger partial charge is 0.185 e. The monoisotopic (exact) mass is 211 g/mol. The van der Waals surface area contributed by atoms with Crippen LogP contribution in [-0.2, 0) is 12.8 Å². The van der Waals surface area contributed by atoms with E-state index in [-0.39, 0.29) is 5.43 Å². The Morgan fingerprint density at radius 2 is 1.88 bits per heavy atom. The fraction of sp³-hybridized carbons (Fsp3) is 0.214. The molecule has 0 spiro atoms. The molecule has 0 amide bonds. The molecule has 0 saturated heterocycles. The van der Waals surface area contributed by atoms with Gasteiger partial charge in [0.1, 0.15) is 0 Å². The fourth-order valence-electron chi connectivity index (χ4n) is 2.34. The van der Waals surface area contributed by atoms with Crippen LogP contribution in [0.2, 0.25) is 0 Å². The number of rotatable bonds is 1. The van der Waals surface area contributed by atoms with Gasteiger partial charge in [-0.25, -0.2) is 0 Å². The van der Waals surface area contributed by atoms with Gasteiger partial charge >= 0.3 is 0 Å². The molecule has 80 valence electrons. The van der Waals surface area contributed by atoms with E-state index >= 15 is 0 Å². The highest BCUT2D eigenvalue weighted by molar-refractivity contribution is 5.59. The lowest BCUT2D eigenvalue weighted by molar-refractivity contribution is 0.899. The first kappa shape index (κ1) is 9.40. The summed E-state index contributed by atoms with van der Waals surface area (Å²) in [4.78, 5) is 15.3. The maximum Gasteiger partial charge on any atom is 0.185 e. The Morgan fingerprint density at radius 1 is 1.06 bits per heavy atom. The average molecular weight is 211 g/mol. The van der Waals surface area contributed by atoms with Gasteiger partial charge in [-0.15, -0.1) is 0 Å². The van der Waals surface area contributed by atoms with Crippen molar-refractivity contribution >= 4 is 0 Å². The van der Waals surface area contributed by atoms with Crippen LogP contribution in [0.3, 0.4) is 0 Å². The van der Waals surface area contributed by atoms with Crippen molar-refractivity contribution < 1.29 is 0 Å². The molecule has 2 heteroatoms. The van der Waals surface area contributed by atoms with Gasteiger partial charge in [-0.1, -0.05) is 30.3 Å². The number of aromatic nitrogens is 1. The minimum atomic E-state index is 0.185. The predicted octanol–water partition coefficient (Wildman–Crippen LogP) is 2.53. The number of hydrogen-bond acceptors (Lipinski definition) is 1. The molecule has 1 aliphatic rings.